The van der Waals surface area contributed by atoms with Crippen LogP contribution in [0.1, 0.15) is 45.5 Å². The number of carbonyl (C=O) groups excluding carboxylic acids is 2. The van der Waals surface area contributed by atoms with E-state index in [9.17, 15) is 9.59 Å². The van der Waals surface area contributed by atoms with Gasteiger partial charge < -0.3 is 9.47 Å². The summed E-state index contributed by atoms with van der Waals surface area (Å²) in [5, 5.41) is 0. The number of methoxy groups -OCH3 is 1. The van der Waals surface area contributed by atoms with Gasteiger partial charge in [-0.1, -0.05) is 24.3 Å². The highest BCUT2D eigenvalue weighted by molar-refractivity contribution is 6.03. The summed E-state index contributed by atoms with van der Waals surface area (Å²) in [5.74, 6) is 1.20. The van der Waals surface area contributed by atoms with Crippen molar-refractivity contribution in [3.05, 3.63) is 59.2 Å². The summed E-state index contributed by atoms with van der Waals surface area (Å²) in [6.45, 7) is 0.691. The lowest BCUT2D eigenvalue weighted by molar-refractivity contribution is 0.0915. The second kappa shape index (κ2) is 7.30. The number of rotatable bonds is 6. The van der Waals surface area contributed by atoms with Gasteiger partial charge >= 0.3 is 0 Å². The smallest absolute Gasteiger partial charge is 0.167 e. The predicted octanol–water partition coefficient (Wildman–Crippen LogP) is 3.87. The molecule has 0 saturated heterocycles. The molecule has 0 saturated carbocycles. The maximum Gasteiger partial charge on any atom is 0.167 e. The van der Waals surface area contributed by atoms with Crippen LogP contribution < -0.4 is 9.47 Å². The summed E-state index contributed by atoms with van der Waals surface area (Å²) in [4.78, 5) is 24.7. The fourth-order valence-corrected chi connectivity index (χ4v) is 2.89. The molecule has 4 heteroatoms. The Bertz CT molecular complexity index is 764. The monoisotopic (exact) mass is 324 g/mol. The number of benzene rings is 2. The number of aryl methyl sites for hydroxylation is 1. The standard InChI is InChI=1S/C20H20O4/c1-23-19-7-3-2-6-16(19)18(22)11-10-17(21)15-9-8-14-5-4-12-24-20(14)13-15/h2-3,6-9,13H,4-5,10-12H2,1H3. The third-order valence-corrected chi connectivity index (χ3v) is 4.22. The molecule has 0 amide bonds. The van der Waals surface area contributed by atoms with Gasteiger partial charge in [-0.3, -0.25) is 9.59 Å². The van der Waals surface area contributed by atoms with E-state index in [0.29, 0.717) is 23.5 Å². The zero-order valence-corrected chi connectivity index (χ0v) is 13.7. The Labute approximate surface area is 141 Å². The van der Waals surface area contributed by atoms with Gasteiger partial charge in [0, 0.05) is 18.4 Å². The van der Waals surface area contributed by atoms with Crippen molar-refractivity contribution in [1.29, 1.82) is 0 Å². The molecule has 3 rings (SSSR count). The highest BCUT2D eigenvalue weighted by Gasteiger charge is 2.17. The molecule has 4 nitrogen and oxygen atoms in total. The van der Waals surface area contributed by atoms with E-state index in [4.69, 9.17) is 9.47 Å². The third kappa shape index (κ3) is 3.48. The van der Waals surface area contributed by atoms with Crippen LogP contribution in [-0.2, 0) is 6.42 Å². The first-order valence-electron chi connectivity index (χ1n) is 8.14. The SMILES string of the molecule is COc1ccccc1C(=O)CCC(=O)c1ccc2c(c1)OCCC2. The number of Topliss-reactive ketones (excluding diaryl/α,β-unsaturated/α-hetero) is 2. The van der Waals surface area contributed by atoms with Crippen molar-refractivity contribution in [1.82, 2.24) is 0 Å². The molecular formula is C20H20O4. The normalized spacial score (nSPS) is 12.9. The van der Waals surface area contributed by atoms with E-state index in [-0.39, 0.29) is 24.4 Å². The van der Waals surface area contributed by atoms with E-state index >= 15 is 0 Å². The second-order valence-electron chi connectivity index (χ2n) is 5.82. The molecule has 0 fully saturated rings. The summed E-state index contributed by atoms with van der Waals surface area (Å²) in [6, 6.07) is 12.6. The number of carbonyl (C=O) groups is 2. The molecule has 2 aromatic rings. The lowest BCUT2D eigenvalue weighted by Gasteiger charge is -2.17. The minimum Gasteiger partial charge on any atom is -0.496 e. The summed E-state index contributed by atoms with van der Waals surface area (Å²) < 4.78 is 10.8. The van der Waals surface area contributed by atoms with Gasteiger partial charge in [-0.05, 0) is 36.6 Å². The van der Waals surface area contributed by atoms with Crippen LogP contribution in [0, 0.1) is 0 Å². The molecule has 1 aliphatic heterocycles. The fourth-order valence-electron chi connectivity index (χ4n) is 2.89. The lowest BCUT2D eigenvalue weighted by atomic mass is 9.98. The van der Waals surface area contributed by atoms with E-state index in [2.05, 4.69) is 0 Å². The minimum absolute atomic E-state index is 0.0461. The van der Waals surface area contributed by atoms with Crippen LogP contribution in [0.2, 0.25) is 0 Å². The first-order valence-corrected chi connectivity index (χ1v) is 8.14. The maximum atomic E-state index is 12.4. The molecule has 0 aromatic heterocycles. The fraction of sp³-hybridized carbons (Fsp3) is 0.300. The Morgan fingerprint density at radius 3 is 2.71 bits per heavy atom. The Hall–Kier alpha value is -2.62. The molecule has 124 valence electrons. The Kier molecular flexibility index (Phi) is 4.94. The maximum absolute atomic E-state index is 12.4. The lowest BCUT2D eigenvalue weighted by Crippen LogP contribution is -2.10. The summed E-state index contributed by atoms with van der Waals surface area (Å²) in [5.41, 5.74) is 2.26. The van der Waals surface area contributed by atoms with E-state index in [1.54, 1.807) is 24.3 Å². The molecular weight excluding hydrogens is 304 g/mol. The summed E-state index contributed by atoms with van der Waals surface area (Å²) in [7, 11) is 1.53. The highest BCUT2D eigenvalue weighted by Crippen LogP contribution is 2.27. The largest absolute Gasteiger partial charge is 0.496 e. The number of ether oxygens (including phenoxy) is 2. The van der Waals surface area contributed by atoms with Crippen molar-refractivity contribution in [2.45, 2.75) is 25.7 Å². The zero-order chi connectivity index (χ0) is 16.9. The first-order chi connectivity index (χ1) is 11.7. The Morgan fingerprint density at radius 1 is 1.08 bits per heavy atom. The van der Waals surface area contributed by atoms with Gasteiger partial charge in [0.1, 0.15) is 11.5 Å². The molecule has 1 aliphatic rings. The van der Waals surface area contributed by atoms with Crippen molar-refractivity contribution in [2.24, 2.45) is 0 Å². The number of hydrogen-bond acceptors (Lipinski definition) is 4. The molecule has 0 bridgehead atoms. The van der Waals surface area contributed by atoms with Crippen LogP contribution in [0.25, 0.3) is 0 Å². The van der Waals surface area contributed by atoms with E-state index in [1.165, 1.54) is 7.11 Å². The van der Waals surface area contributed by atoms with Gasteiger partial charge in [0.05, 0.1) is 19.3 Å². The Balaban J connectivity index is 1.66. The molecule has 24 heavy (non-hydrogen) atoms. The van der Waals surface area contributed by atoms with Crippen molar-refractivity contribution >= 4 is 11.6 Å². The van der Waals surface area contributed by atoms with E-state index < -0.39 is 0 Å². The van der Waals surface area contributed by atoms with Crippen LogP contribution in [0.15, 0.2) is 42.5 Å². The van der Waals surface area contributed by atoms with Gasteiger partial charge in [-0.25, -0.2) is 0 Å². The van der Waals surface area contributed by atoms with Gasteiger partial charge in [0.15, 0.2) is 11.6 Å². The molecule has 0 aliphatic carbocycles. The van der Waals surface area contributed by atoms with Crippen LogP contribution in [0.3, 0.4) is 0 Å². The molecule has 2 aromatic carbocycles. The summed E-state index contributed by atoms with van der Waals surface area (Å²) >= 11 is 0. The first kappa shape index (κ1) is 16.2. The van der Waals surface area contributed by atoms with Crippen molar-refractivity contribution < 1.29 is 19.1 Å². The van der Waals surface area contributed by atoms with E-state index in [0.717, 1.165) is 24.2 Å². The number of para-hydroxylation sites is 1. The molecule has 0 radical (unpaired) electrons. The van der Waals surface area contributed by atoms with Gasteiger partial charge in [-0.2, -0.15) is 0 Å². The zero-order valence-electron chi connectivity index (χ0n) is 13.7. The van der Waals surface area contributed by atoms with Gasteiger partial charge in [-0.15, -0.1) is 0 Å². The number of ketones is 2. The number of hydrogen-bond donors (Lipinski definition) is 0. The van der Waals surface area contributed by atoms with Crippen LogP contribution >= 0.6 is 0 Å². The van der Waals surface area contributed by atoms with Crippen LogP contribution in [-0.4, -0.2) is 25.3 Å². The van der Waals surface area contributed by atoms with Crippen molar-refractivity contribution in [2.75, 3.05) is 13.7 Å². The van der Waals surface area contributed by atoms with Gasteiger partial charge in [0.2, 0.25) is 0 Å². The molecule has 0 atom stereocenters. The van der Waals surface area contributed by atoms with Gasteiger partial charge in [0.25, 0.3) is 0 Å². The average Bonchev–Trinajstić information content (AvgIpc) is 2.65. The van der Waals surface area contributed by atoms with Crippen molar-refractivity contribution in [3.63, 3.8) is 0 Å². The highest BCUT2D eigenvalue weighted by atomic mass is 16.5. The number of fused-ring (bicyclic) bond motifs is 1. The summed E-state index contributed by atoms with van der Waals surface area (Å²) in [6.07, 6.45) is 2.33. The average molecular weight is 324 g/mol. The Morgan fingerprint density at radius 2 is 1.88 bits per heavy atom. The minimum atomic E-state index is -0.0880. The molecule has 0 N–H and O–H groups in total. The second-order valence-corrected chi connectivity index (χ2v) is 5.82. The molecule has 0 unspecified atom stereocenters. The van der Waals surface area contributed by atoms with Crippen LogP contribution in [0.5, 0.6) is 11.5 Å². The quantitative estimate of drug-likeness (QED) is 0.757. The van der Waals surface area contributed by atoms with Crippen LogP contribution in [0.4, 0.5) is 0 Å². The molecule has 0 spiro atoms. The topological polar surface area (TPSA) is 52.6 Å². The molecule has 1 heterocycles. The van der Waals surface area contributed by atoms with Crippen molar-refractivity contribution in [3.8, 4) is 11.5 Å². The third-order valence-electron chi connectivity index (χ3n) is 4.22. The van der Waals surface area contributed by atoms with E-state index in [1.807, 2.05) is 18.2 Å². The predicted molar refractivity (Wildman–Crippen MR) is 91.1 cm³/mol.